The Bertz CT molecular complexity index is 646. The highest BCUT2D eigenvalue weighted by molar-refractivity contribution is 7.89. The molecule has 2 aliphatic heterocycles. The lowest BCUT2D eigenvalue weighted by Crippen LogP contribution is -2.50. The number of nitrogens with zero attached hydrogens (tertiary/aromatic N) is 2. The van der Waals surface area contributed by atoms with E-state index >= 15 is 0 Å². The predicted octanol–water partition coefficient (Wildman–Crippen LogP) is 1.79. The third kappa shape index (κ3) is 3.76. The van der Waals surface area contributed by atoms with Gasteiger partial charge in [-0.2, -0.15) is 4.31 Å². The molecule has 0 aromatic heterocycles. The molecule has 0 aliphatic carbocycles. The molecule has 0 saturated carbocycles. The maximum atomic E-state index is 12.9. The van der Waals surface area contributed by atoms with Crippen LogP contribution in [-0.4, -0.2) is 63.1 Å². The quantitative estimate of drug-likeness (QED) is 0.840. The van der Waals surface area contributed by atoms with E-state index in [1.807, 2.05) is 26.0 Å². The molecule has 6 heteroatoms. The van der Waals surface area contributed by atoms with Crippen molar-refractivity contribution < 1.29 is 13.2 Å². The van der Waals surface area contributed by atoms with Crippen LogP contribution in [0.25, 0.3) is 0 Å². The number of ether oxygens (including phenoxy) is 1. The van der Waals surface area contributed by atoms with E-state index in [1.54, 1.807) is 10.4 Å². The summed E-state index contributed by atoms with van der Waals surface area (Å²) in [5, 5.41) is 0. The topological polar surface area (TPSA) is 49.9 Å². The van der Waals surface area contributed by atoms with Crippen molar-refractivity contribution in [1.82, 2.24) is 9.21 Å². The molecule has 1 unspecified atom stereocenters. The molecule has 1 aromatic carbocycles. The fourth-order valence-electron chi connectivity index (χ4n) is 3.46. The highest BCUT2D eigenvalue weighted by atomic mass is 32.2. The fraction of sp³-hybridized carbons (Fsp3) is 0.647. The standard InChI is InChI=1S/C17H26N2O3S/c1-14-5-6-17(15(2)12-14)23(20,21)19-9-7-18(8-10-19)13-16-4-3-11-22-16/h5-6,12,16H,3-4,7-11,13H2,1-2H3. The van der Waals surface area contributed by atoms with E-state index in [9.17, 15) is 8.42 Å². The van der Waals surface area contributed by atoms with Crippen LogP contribution >= 0.6 is 0 Å². The van der Waals surface area contributed by atoms with Gasteiger partial charge in [-0.3, -0.25) is 4.90 Å². The summed E-state index contributed by atoms with van der Waals surface area (Å²) in [5.74, 6) is 0. The molecule has 0 amide bonds. The second-order valence-electron chi connectivity index (χ2n) is 6.61. The number of sulfonamides is 1. The molecule has 2 saturated heterocycles. The summed E-state index contributed by atoms with van der Waals surface area (Å²) in [6.45, 7) is 8.32. The summed E-state index contributed by atoms with van der Waals surface area (Å²) in [6.07, 6.45) is 2.60. The lowest BCUT2D eigenvalue weighted by atomic mass is 10.2. The van der Waals surface area contributed by atoms with E-state index in [1.165, 1.54) is 0 Å². The van der Waals surface area contributed by atoms with Crippen LogP contribution < -0.4 is 0 Å². The number of rotatable bonds is 4. The third-order valence-electron chi connectivity index (χ3n) is 4.77. The third-order valence-corrected chi connectivity index (χ3v) is 6.82. The van der Waals surface area contributed by atoms with Gasteiger partial charge in [0.25, 0.3) is 0 Å². The van der Waals surface area contributed by atoms with E-state index in [4.69, 9.17) is 4.74 Å². The minimum Gasteiger partial charge on any atom is -0.377 e. The number of aryl methyl sites for hydroxylation is 2. The SMILES string of the molecule is Cc1ccc(S(=O)(=O)N2CCN(CC3CCCO3)CC2)c(C)c1. The van der Waals surface area contributed by atoms with Crippen molar-refractivity contribution in [2.45, 2.75) is 37.7 Å². The van der Waals surface area contributed by atoms with E-state index in [0.717, 1.165) is 50.2 Å². The van der Waals surface area contributed by atoms with Crippen molar-refractivity contribution in [3.8, 4) is 0 Å². The Morgan fingerprint density at radius 3 is 2.52 bits per heavy atom. The molecule has 128 valence electrons. The molecule has 1 atom stereocenters. The van der Waals surface area contributed by atoms with Crippen molar-refractivity contribution in [2.75, 3.05) is 39.3 Å². The molecule has 1 aromatic rings. The second kappa shape index (κ2) is 6.89. The highest BCUT2D eigenvalue weighted by Gasteiger charge is 2.30. The van der Waals surface area contributed by atoms with E-state index in [-0.39, 0.29) is 0 Å². The summed E-state index contributed by atoms with van der Waals surface area (Å²) in [7, 11) is -3.38. The Labute approximate surface area is 139 Å². The van der Waals surface area contributed by atoms with Crippen LogP contribution in [0.2, 0.25) is 0 Å². The molecule has 0 spiro atoms. The number of hydrogen-bond acceptors (Lipinski definition) is 4. The van der Waals surface area contributed by atoms with Crippen LogP contribution in [0.5, 0.6) is 0 Å². The highest BCUT2D eigenvalue weighted by Crippen LogP contribution is 2.22. The first-order valence-electron chi connectivity index (χ1n) is 8.38. The average Bonchev–Trinajstić information content (AvgIpc) is 3.00. The summed E-state index contributed by atoms with van der Waals surface area (Å²) < 4.78 is 33.0. The maximum Gasteiger partial charge on any atom is 0.243 e. The summed E-state index contributed by atoms with van der Waals surface area (Å²) >= 11 is 0. The number of piperazine rings is 1. The molecular weight excluding hydrogens is 312 g/mol. The lowest BCUT2D eigenvalue weighted by Gasteiger charge is -2.35. The van der Waals surface area contributed by atoms with Gasteiger partial charge in [0.2, 0.25) is 10.0 Å². The zero-order chi connectivity index (χ0) is 16.4. The van der Waals surface area contributed by atoms with E-state index in [2.05, 4.69) is 4.90 Å². The normalized spacial score (nSPS) is 24.2. The fourth-order valence-corrected chi connectivity index (χ4v) is 5.08. The molecule has 0 radical (unpaired) electrons. The Morgan fingerprint density at radius 2 is 1.91 bits per heavy atom. The Balaban J connectivity index is 1.63. The summed E-state index contributed by atoms with van der Waals surface area (Å²) in [4.78, 5) is 2.76. The zero-order valence-electron chi connectivity index (χ0n) is 14.0. The lowest BCUT2D eigenvalue weighted by molar-refractivity contribution is 0.0617. The van der Waals surface area contributed by atoms with Gasteiger partial charge < -0.3 is 4.74 Å². The maximum absolute atomic E-state index is 12.9. The van der Waals surface area contributed by atoms with Crippen molar-refractivity contribution >= 4 is 10.0 Å². The first kappa shape index (κ1) is 16.9. The van der Waals surface area contributed by atoms with Crippen LogP contribution in [0.15, 0.2) is 23.1 Å². The van der Waals surface area contributed by atoms with Crippen LogP contribution in [0, 0.1) is 13.8 Å². The van der Waals surface area contributed by atoms with Crippen molar-refractivity contribution in [2.24, 2.45) is 0 Å². The first-order chi connectivity index (χ1) is 11.0. The zero-order valence-corrected chi connectivity index (χ0v) is 14.8. The number of benzene rings is 1. The van der Waals surface area contributed by atoms with Crippen LogP contribution in [0.1, 0.15) is 24.0 Å². The first-order valence-corrected chi connectivity index (χ1v) is 9.82. The molecule has 0 bridgehead atoms. The van der Waals surface area contributed by atoms with Crippen molar-refractivity contribution in [3.05, 3.63) is 29.3 Å². The van der Waals surface area contributed by atoms with Gasteiger partial charge in [-0.15, -0.1) is 0 Å². The monoisotopic (exact) mass is 338 g/mol. The van der Waals surface area contributed by atoms with Crippen molar-refractivity contribution in [1.29, 1.82) is 0 Å². The average molecular weight is 338 g/mol. The predicted molar refractivity (Wildman–Crippen MR) is 90.1 cm³/mol. The van der Waals surface area contributed by atoms with Gasteiger partial charge in [-0.1, -0.05) is 17.7 Å². The minimum atomic E-state index is -3.38. The smallest absolute Gasteiger partial charge is 0.243 e. The number of hydrogen-bond donors (Lipinski definition) is 0. The summed E-state index contributed by atoms with van der Waals surface area (Å²) in [5.41, 5.74) is 1.91. The molecule has 2 aliphatic rings. The Morgan fingerprint density at radius 1 is 1.17 bits per heavy atom. The van der Waals surface area contributed by atoms with Gasteiger partial charge in [0, 0.05) is 39.3 Å². The second-order valence-corrected chi connectivity index (χ2v) is 8.52. The van der Waals surface area contributed by atoms with E-state index < -0.39 is 10.0 Å². The molecule has 3 rings (SSSR count). The Kier molecular flexibility index (Phi) is 5.06. The van der Waals surface area contributed by atoms with Gasteiger partial charge >= 0.3 is 0 Å². The molecule has 2 fully saturated rings. The van der Waals surface area contributed by atoms with Gasteiger partial charge in [0.05, 0.1) is 11.0 Å². The molecule has 5 nitrogen and oxygen atoms in total. The largest absolute Gasteiger partial charge is 0.377 e. The van der Waals surface area contributed by atoms with Crippen LogP contribution in [0.4, 0.5) is 0 Å². The summed E-state index contributed by atoms with van der Waals surface area (Å²) in [6, 6.07) is 5.53. The molecule has 0 N–H and O–H groups in total. The Hall–Kier alpha value is -0.950. The van der Waals surface area contributed by atoms with Crippen LogP contribution in [-0.2, 0) is 14.8 Å². The molecule has 2 heterocycles. The van der Waals surface area contributed by atoms with Gasteiger partial charge in [0.15, 0.2) is 0 Å². The van der Waals surface area contributed by atoms with Gasteiger partial charge in [-0.25, -0.2) is 8.42 Å². The van der Waals surface area contributed by atoms with Crippen molar-refractivity contribution in [3.63, 3.8) is 0 Å². The van der Waals surface area contributed by atoms with E-state index in [0.29, 0.717) is 24.1 Å². The minimum absolute atomic E-state index is 0.331. The van der Waals surface area contributed by atoms with Gasteiger partial charge in [-0.05, 0) is 38.3 Å². The molecular formula is C17H26N2O3S. The molecule has 23 heavy (non-hydrogen) atoms. The van der Waals surface area contributed by atoms with Crippen LogP contribution in [0.3, 0.4) is 0 Å². The van der Waals surface area contributed by atoms with Gasteiger partial charge in [0.1, 0.15) is 0 Å².